The molecule has 1 atom stereocenters. The Labute approximate surface area is 74.8 Å². The molecule has 0 aromatic carbocycles. The van der Waals surface area contributed by atoms with Crippen LogP contribution in [0.1, 0.15) is 32.6 Å². The molecule has 1 heteroatoms. The van der Waals surface area contributed by atoms with Crippen molar-refractivity contribution in [3.05, 3.63) is 23.8 Å². The highest BCUT2D eigenvalue weighted by atomic mass is 16.2. The number of hydrogen-bond donors (Lipinski definition) is 1. The quantitative estimate of drug-likeness (QED) is 0.639. The predicted molar refractivity (Wildman–Crippen MR) is 51.9 cm³/mol. The zero-order valence-corrected chi connectivity index (χ0v) is 7.84. The number of hydrogen-bond acceptors (Lipinski definition) is 1. The van der Waals surface area contributed by atoms with E-state index in [0.29, 0.717) is 5.92 Å². The minimum absolute atomic E-state index is 0.248. The van der Waals surface area contributed by atoms with Crippen LogP contribution in [0.15, 0.2) is 23.8 Å². The van der Waals surface area contributed by atoms with Crippen LogP contribution in [0.25, 0.3) is 0 Å². The highest BCUT2D eigenvalue weighted by Crippen LogP contribution is 2.29. The molecule has 68 valence electrons. The van der Waals surface area contributed by atoms with Crippen LogP contribution in [0.5, 0.6) is 0 Å². The van der Waals surface area contributed by atoms with E-state index in [0.717, 1.165) is 12.8 Å². The monoisotopic (exact) mass is 166 g/mol. The van der Waals surface area contributed by atoms with E-state index in [1.54, 1.807) is 0 Å². The van der Waals surface area contributed by atoms with Crippen LogP contribution in [-0.2, 0) is 0 Å². The fourth-order valence-electron chi connectivity index (χ4n) is 1.68. The van der Waals surface area contributed by atoms with Gasteiger partial charge in [0.05, 0.1) is 0 Å². The van der Waals surface area contributed by atoms with Gasteiger partial charge >= 0.3 is 0 Å². The lowest BCUT2D eigenvalue weighted by molar-refractivity contribution is 0.292. The van der Waals surface area contributed by atoms with Crippen molar-refractivity contribution in [2.24, 2.45) is 5.92 Å². The van der Waals surface area contributed by atoms with Gasteiger partial charge in [-0.2, -0.15) is 0 Å². The van der Waals surface area contributed by atoms with Gasteiger partial charge in [0, 0.05) is 6.61 Å². The fourth-order valence-corrected chi connectivity index (χ4v) is 1.68. The Morgan fingerprint density at radius 3 is 3.00 bits per heavy atom. The Morgan fingerprint density at radius 1 is 1.75 bits per heavy atom. The zero-order valence-electron chi connectivity index (χ0n) is 7.84. The molecule has 0 saturated carbocycles. The smallest absolute Gasteiger partial charge is 0.0468 e. The van der Waals surface area contributed by atoms with E-state index >= 15 is 0 Å². The summed E-state index contributed by atoms with van der Waals surface area (Å²) in [5.41, 5.74) is 2.73. The van der Waals surface area contributed by atoms with E-state index in [9.17, 15) is 0 Å². The summed E-state index contributed by atoms with van der Waals surface area (Å²) in [5, 5.41) is 8.74. The van der Waals surface area contributed by atoms with E-state index in [4.69, 9.17) is 5.11 Å². The van der Waals surface area contributed by atoms with Gasteiger partial charge in [-0.25, -0.2) is 0 Å². The minimum Gasteiger partial charge on any atom is -0.396 e. The first-order chi connectivity index (χ1) is 5.74. The van der Waals surface area contributed by atoms with Gasteiger partial charge in [0.25, 0.3) is 0 Å². The van der Waals surface area contributed by atoms with Crippen LogP contribution < -0.4 is 0 Å². The number of aliphatic hydroxyl groups excluding tert-OH is 1. The molecule has 0 fully saturated rings. The van der Waals surface area contributed by atoms with Gasteiger partial charge in [-0.05, 0) is 38.5 Å². The highest BCUT2D eigenvalue weighted by molar-refractivity contribution is 5.11. The molecular formula is C11H18O. The van der Waals surface area contributed by atoms with Crippen molar-refractivity contribution in [3.63, 3.8) is 0 Å². The third-order valence-corrected chi connectivity index (χ3v) is 2.65. The molecule has 0 spiro atoms. The minimum atomic E-state index is 0.248. The van der Waals surface area contributed by atoms with Crippen molar-refractivity contribution in [2.45, 2.75) is 32.6 Å². The van der Waals surface area contributed by atoms with Gasteiger partial charge < -0.3 is 5.11 Å². The maximum atomic E-state index is 8.74. The molecule has 0 aliphatic heterocycles. The number of allylic oxidation sites excluding steroid dienone is 2. The topological polar surface area (TPSA) is 20.2 Å². The normalized spacial score (nSPS) is 23.5. The average molecular weight is 166 g/mol. The fraction of sp³-hybridized carbons (Fsp3) is 0.636. The lowest BCUT2D eigenvalue weighted by atomic mass is 9.84. The summed E-state index contributed by atoms with van der Waals surface area (Å²) < 4.78 is 0. The van der Waals surface area contributed by atoms with Crippen molar-refractivity contribution in [2.75, 3.05) is 6.61 Å². The maximum Gasteiger partial charge on any atom is 0.0468 e. The summed E-state index contributed by atoms with van der Waals surface area (Å²) in [6.07, 6.45) is 6.63. The third-order valence-electron chi connectivity index (χ3n) is 2.65. The molecule has 1 rings (SSSR count). The second-order valence-corrected chi connectivity index (χ2v) is 3.65. The molecule has 0 radical (unpaired) electrons. The van der Waals surface area contributed by atoms with Crippen molar-refractivity contribution >= 4 is 0 Å². The lowest BCUT2D eigenvalue weighted by Gasteiger charge is -2.22. The maximum absolute atomic E-state index is 8.74. The summed E-state index contributed by atoms with van der Waals surface area (Å²) in [6.45, 7) is 6.44. The Kier molecular flexibility index (Phi) is 3.54. The van der Waals surface area contributed by atoms with Gasteiger partial charge in [-0.15, -0.1) is 0 Å². The summed E-state index contributed by atoms with van der Waals surface area (Å²) >= 11 is 0. The van der Waals surface area contributed by atoms with E-state index in [-0.39, 0.29) is 6.61 Å². The Balaban J connectivity index is 2.40. The molecule has 1 aliphatic rings. The van der Waals surface area contributed by atoms with Gasteiger partial charge in [-0.3, -0.25) is 0 Å². The Morgan fingerprint density at radius 2 is 2.50 bits per heavy atom. The van der Waals surface area contributed by atoms with Crippen LogP contribution in [0.4, 0.5) is 0 Å². The third kappa shape index (κ3) is 2.49. The molecule has 0 aromatic heterocycles. The summed E-state index contributed by atoms with van der Waals surface area (Å²) in [5.74, 6) is 0.626. The molecule has 1 nitrogen and oxygen atoms in total. The number of rotatable bonds is 3. The van der Waals surface area contributed by atoms with Crippen LogP contribution in [0, 0.1) is 5.92 Å². The molecule has 1 N–H and O–H groups in total. The van der Waals surface area contributed by atoms with Crippen LogP contribution in [0.3, 0.4) is 0 Å². The highest BCUT2D eigenvalue weighted by Gasteiger charge is 2.14. The second kappa shape index (κ2) is 4.46. The predicted octanol–water partition coefficient (Wildman–Crippen LogP) is 2.67. The first-order valence-corrected chi connectivity index (χ1v) is 4.68. The molecule has 0 saturated heterocycles. The first kappa shape index (κ1) is 9.53. The van der Waals surface area contributed by atoms with Crippen molar-refractivity contribution in [1.82, 2.24) is 0 Å². The molecule has 0 aromatic rings. The molecular weight excluding hydrogens is 148 g/mol. The molecule has 0 amide bonds. The van der Waals surface area contributed by atoms with Crippen LogP contribution in [-0.4, -0.2) is 11.7 Å². The van der Waals surface area contributed by atoms with Gasteiger partial charge in [0.2, 0.25) is 0 Å². The lowest BCUT2D eigenvalue weighted by Crippen LogP contribution is -2.08. The Hall–Kier alpha value is -0.560. The van der Waals surface area contributed by atoms with Gasteiger partial charge in [-0.1, -0.05) is 23.8 Å². The molecule has 0 heterocycles. The molecule has 0 unspecified atom stereocenters. The van der Waals surface area contributed by atoms with E-state index < -0.39 is 0 Å². The van der Waals surface area contributed by atoms with Crippen molar-refractivity contribution < 1.29 is 5.11 Å². The van der Waals surface area contributed by atoms with Gasteiger partial charge in [0.15, 0.2) is 0 Å². The SMILES string of the molecule is C=C(CCO)[C@H]1CC=C(C)CC1. The summed E-state index contributed by atoms with van der Waals surface area (Å²) in [6, 6.07) is 0. The van der Waals surface area contributed by atoms with Gasteiger partial charge in [0.1, 0.15) is 0 Å². The molecule has 12 heavy (non-hydrogen) atoms. The molecule has 0 bridgehead atoms. The summed E-state index contributed by atoms with van der Waals surface area (Å²) in [4.78, 5) is 0. The average Bonchev–Trinajstić information content (AvgIpc) is 2.06. The summed E-state index contributed by atoms with van der Waals surface area (Å²) in [7, 11) is 0. The van der Waals surface area contributed by atoms with E-state index in [1.165, 1.54) is 24.0 Å². The van der Waals surface area contributed by atoms with Crippen molar-refractivity contribution in [3.8, 4) is 0 Å². The largest absolute Gasteiger partial charge is 0.396 e. The van der Waals surface area contributed by atoms with Crippen LogP contribution in [0.2, 0.25) is 0 Å². The molecule has 1 aliphatic carbocycles. The second-order valence-electron chi connectivity index (χ2n) is 3.65. The van der Waals surface area contributed by atoms with E-state index in [2.05, 4.69) is 19.6 Å². The zero-order chi connectivity index (χ0) is 8.97. The standard InChI is InChI=1S/C11H18O/c1-9-3-5-11(6-4-9)10(2)7-8-12/h3,11-12H,2,4-8H2,1H3/t11-/m0/s1. The van der Waals surface area contributed by atoms with E-state index in [1.807, 2.05) is 0 Å². The van der Waals surface area contributed by atoms with Crippen LogP contribution >= 0.6 is 0 Å². The number of aliphatic hydroxyl groups is 1. The Bertz CT molecular complexity index is 191. The van der Waals surface area contributed by atoms with Crippen molar-refractivity contribution in [1.29, 1.82) is 0 Å². The first-order valence-electron chi connectivity index (χ1n) is 4.68.